The number of aryl methyl sites for hydroxylation is 1. The molecule has 2 amide bonds. The van der Waals surface area contributed by atoms with Gasteiger partial charge in [0.05, 0.1) is 5.52 Å². The highest BCUT2D eigenvalue weighted by Crippen LogP contribution is 2.21. The van der Waals surface area contributed by atoms with Gasteiger partial charge in [0.15, 0.2) is 0 Å². The number of anilines is 2. The maximum absolute atomic E-state index is 12.9. The zero-order valence-corrected chi connectivity index (χ0v) is 16.8. The Morgan fingerprint density at radius 2 is 2.07 bits per heavy atom. The van der Waals surface area contributed by atoms with Crippen LogP contribution in [0.5, 0.6) is 0 Å². The van der Waals surface area contributed by atoms with Crippen LogP contribution in [0.15, 0.2) is 61.3 Å². The summed E-state index contributed by atoms with van der Waals surface area (Å²) < 4.78 is 0. The van der Waals surface area contributed by atoms with Crippen molar-refractivity contribution >= 4 is 34.4 Å². The molecule has 4 rings (SSSR count). The van der Waals surface area contributed by atoms with Crippen LogP contribution in [0.4, 0.5) is 11.6 Å². The molecule has 7 nitrogen and oxygen atoms in total. The van der Waals surface area contributed by atoms with Gasteiger partial charge in [0.25, 0.3) is 5.91 Å². The lowest BCUT2D eigenvalue weighted by atomic mass is 10.1. The second-order valence-corrected chi connectivity index (χ2v) is 7.36. The van der Waals surface area contributed by atoms with Gasteiger partial charge in [0.1, 0.15) is 0 Å². The first kappa shape index (κ1) is 19.6. The maximum Gasteiger partial charge on any atom is 0.253 e. The Bertz CT molecular complexity index is 1130. The van der Waals surface area contributed by atoms with Crippen molar-refractivity contribution in [3.05, 3.63) is 72.4 Å². The summed E-state index contributed by atoms with van der Waals surface area (Å²) in [4.78, 5) is 35.2. The van der Waals surface area contributed by atoms with Gasteiger partial charge in [-0.05, 0) is 49.2 Å². The average molecular weight is 401 g/mol. The van der Waals surface area contributed by atoms with E-state index in [0.29, 0.717) is 30.3 Å². The Hall–Kier alpha value is -3.74. The standard InChI is InChI=1S/C23H23N5O2/c1-3-21(29)26-19-9-8-16(12-15(19)2)22(30)28-11-10-18(14-28)25-23-24-13-17-6-4-5-7-20(17)27-23/h3-9,12-13,18H,1,10-11,14H2,2H3,(H,26,29)(H,24,25,27). The second kappa shape index (κ2) is 8.32. The van der Waals surface area contributed by atoms with Crippen LogP contribution >= 0.6 is 0 Å². The fourth-order valence-corrected chi connectivity index (χ4v) is 3.59. The van der Waals surface area contributed by atoms with Gasteiger partial charge in [-0.25, -0.2) is 9.97 Å². The number of hydrogen-bond donors (Lipinski definition) is 2. The van der Waals surface area contributed by atoms with Crippen LogP contribution in [-0.4, -0.2) is 45.8 Å². The summed E-state index contributed by atoms with van der Waals surface area (Å²) in [6.07, 6.45) is 3.85. The lowest BCUT2D eigenvalue weighted by Gasteiger charge is -2.18. The van der Waals surface area contributed by atoms with E-state index in [1.54, 1.807) is 24.4 Å². The predicted molar refractivity (Wildman–Crippen MR) is 117 cm³/mol. The Morgan fingerprint density at radius 1 is 1.23 bits per heavy atom. The van der Waals surface area contributed by atoms with Gasteiger partial charge in [-0.3, -0.25) is 9.59 Å². The molecule has 2 aromatic carbocycles. The quantitative estimate of drug-likeness (QED) is 0.640. The van der Waals surface area contributed by atoms with Crippen molar-refractivity contribution < 1.29 is 9.59 Å². The third kappa shape index (κ3) is 4.15. The van der Waals surface area contributed by atoms with Gasteiger partial charge in [0.2, 0.25) is 11.9 Å². The van der Waals surface area contributed by atoms with E-state index < -0.39 is 0 Å². The van der Waals surface area contributed by atoms with Crippen molar-refractivity contribution in [2.45, 2.75) is 19.4 Å². The van der Waals surface area contributed by atoms with E-state index in [9.17, 15) is 9.59 Å². The van der Waals surface area contributed by atoms with Crippen LogP contribution in [0.1, 0.15) is 22.3 Å². The van der Waals surface area contributed by atoms with Crippen molar-refractivity contribution in [2.75, 3.05) is 23.7 Å². The van der Waals surface area contributed by atoms with Crippen molar-refractivity contribution in [1.82, 2.24) is 14.9 Å². The molecule has 0 saturated carbocycles. The highest BCUT2D eigenvalue weighted by molar-refractivity contribution is 6.00. The van der Waals surface area contributed by atoms with Crippen molar-refractivity contribution in [3.63, 3.8) is 0 Å². The van der Waals surface area contributed by atoms with E-state index in [0.717, 1.165) is 22.9 Å². The molecule has 1 aliphatic heterocycles. The largest absolute Gasteiger partial charge is 0.350 e. The number of carbonyl (C=O) groups is 2. The fourth-order valence-electron chi connectivity index (χ4n) is 3.59. The molecule has 152 valence electrons. The van der Waals surface area contributed by atoms with Crippen LogP contribution in [0.3, 0.4) is 0 Å². The molecule has 1 aromatic heterocycles. The molecule has 2 heterocycles. The van der Waals surface area contributed by atoms with Crippen LogP contribution in [0.2, 0.25) is 0 Å². The Kier molecular flexibility index (Phi) is 5.43. The van der Waals surface area contributed by atoms with Gasteiger partial charge in [-0.2, -0.15) is 0 Å². The lowest BCUT2D eigenvalue weighted by molar-refractivity contribution is -0.111. The van der Waals surface area contributed by atoms with E-state index in [4.69, 9.17) is 0 Å². The number of carbonyl (C=O) groups excluding carboxylic acids is 2. The number of aromatic nitrogens is 2. The number of nitrogens with one attached hydrogen (secondary N) is 2. The minimum Gasteiger partial charge on any atom is -0.350 e. The van der Waals surface area contributed by atoms with E-state index in [1.807, 2.05) is 36.1 Å². The first-order valence-electron chi connectivity index (χ1n) is 9.85. The number of amides is 2. The predicted octanol–water partition coefficient (Wildman–Crippen LogP) is 3.39. The molecule has 7 heteroatoms. The van der Waals surface area contributed by atoms with Crippen molar-refractivity contribution in [3.8, 4) is 0 Å². The third-order valence-corrected chi connectivity index (χ3v) is 5.21. The summed E-state index contributed by atoms with van der Waals surface area (Å²) in [5, 5.41) is 7.08. The summed E-state index contributed by atoms with van der Waals surface area (Å²) >= 11 is 0. The number of benzene rings is 2. The van der Waals surface area contributed by atoms with E-state index in [2.05, 4.69) is 27.2 Å². The maximum atomic E-state index is 12.9. The minimum atomic E-state index is -0.276. The second-order valence-electron chi connectivity index (χ2n) is 7.36. The number of likely N-dealkylation sites (tertiary alicyclic amines) is 1. The molecular weight excluding hydrogens is 378 g/mol. The topological polar surface area (TPSA) is 87.2 Å². The van der Waals surface area contributed by atoms with E-state index in [-0.39, 0.29) is 17.9 Å². The molecule has 1 aliphatic rings. The molecule has 30 heavy (non-hydrogen) atoms. The fraction of sp³-hybridized carbons (Fsp3) is 0.217. The van der Waals surface area contributed by atoms with Gasteiger partial charge >= 0.3 is 0 Å². The number of hydrogen-bond acceptors (Lipinski definition) is 5. The number of nitrogens with zero attached hydrogens (tertiary/aromatic N) is 3. The summed E-state index contributed by atoms with van der Waals surface area (Å²) in [6, 6.07) is 13.2. The van der Waals surface area contributed by atoms with Crippen LogP contribution in [-0.2, 0) is 4.79 Å². The van der Waals surface area contributed by atoms with Crippen LogP contribution < -0.4 is 10.6 Å². The SMILES string of the molecule is C=CC(=O)Nc1ccc(C(=O)N2CCC(Nc3ncc4ccccc4n3)C2)cc1C. The van der Waals surface area contributed by atoms with Crippen molar-refractivity contribution in [1.29, 1.82) is 0 Å². The highest BCUT2D eigenvalue weighted by Gasteiger charge is 2.27. The van der Waals surface area contributed by atoms with E-state index >= 15 is 0 Å². The first-order chi connectivity index (χ1) is 14.5. The van der Waals surface area contributed by atoms with Crippen LogP contribution in [0.25, 0.3) is 10.9 Å². The van der Waals surface area contributed by atoms with Crippen LogP contribution in [0, 0.1) is 6.92 Å². The average Bonchev–Trinajstić information content (AvgIpc) is 3.22. The molecule has 3 aromatic rings. The zero-order chi connectivity index (χ0) is 21.1. The summed E-state index contributed by atoms with van der Waals surface area (Å²) in [5.74, 6) is 0.274. The number of para-hydroxylation sites is 1. The van der Waals surface area contributed by atoms with Gasteiger partial charge < -0.3 is 15.5 Å². The van der Waals surface area contributed by atoms with Gasteiger partial charge in [0, 0.05) is 42.0 Å². The van der Waals surface area contributed by atoms with Crippen molar-refractivity contribution in [2.24, 2.45) is 0 Å². The number of fused-ring (bicyclic) bond motifs is 1. The zero-order valence-electron chi connectivity index (χ0n) is 16.8. The molecule has 1 fully saturated rings. The molecule has 2 N–H and O–H groups in total. The summed E-state index contributed by atoms with van der Waals surface area (Å²) in [5.41, 5.74) is 2.99. The van der Waals surface area contributed by atoms with Gasteiger partial charge in [-0.15, -0.1) is 0 Å². The van der Waals surface area contributed by atoms with E-state index in [1.165, 1.54) is 6.08 Å². The monoisotopic (exact) mass is 401 g/mol. The molecule has 0 spiro atoms. The smallest absolute Gasteiger partial charge is 0.253 e. The first-order valence-corrected chi connectivity index (χ1v) is 9.85. The molecule has 0 radical (unpaired) electrons. The molecule has 1 saturated heterocycles. The Balaban J connectivity index is 1.41. The summed E-state index contributed by atoms with van der Waals surface area (Å²) in [7, 11) is 0. The minimum absolute atomic E-state index is 0.0246. The molecule has 1 atom stereocenters. The normalized spacial score (nSPS) is 15.8. The molecular formula is C23H23N5O2. The number of rotatable bonds is 5. The Morgan fingerprint density at radius 3 is 2.87 bits per heavy atom. The molecule has 1 unspecified atom stereocenters. The Labute approximate surface area is 174 Å². The highest BCUT2D eigenvalue weighted by atomic mass is 16.2. The molecule has 0 aliphatic carbocycles. The lowest BCUT2D eigenvalue weighted by Crippen LogP contribution is -2.32. The summed E-state index contributed by atoms with van der Waals surface area (Å²) in [6.45, 7) is 6.56. The molecule has 0 bridgehead atoms. The third-order valence-electron chi connectivity index (χ3n) is 5.21. The van der Waals surface area contributed by atoms with Gasteiger partial charge in [-0.1, -0.05) is 24.8 Å².